The van der Waals surface area contributed by atoms with Crippen molar-refractivity contribution >= 4 is 45.1 Å². The molecule has 0 fully saturated rings. The van der Waals surface area contributed by atoms with Crippen LogP contribution in [-0.4, -0.2) is 48.7 Å². The van der Waals surface area contributed by atoms with Gasteiger partial charge in [0.1, 0.15) is 11.5 Å². The van der Waals surface area contributed by atoms with Gasteiger partial charge < -0.3 is 20.1 Å². The maximum absolute atomic E-state index is 13.7. The Morgan fingerprint density at radius 2 is 2.26 bits per heavy atom. The monoisotopic (exact) mass is 406 g/mol. The molecule has 1 heterocycles. The van der Waals surface area contributed by atoms with Gasteiger partial charge in [-0.15, -0.1) is 0 Å². The molecule has 1 aromatic carbocycles. The number of β-amino-alcohol motifs (C(OH)–C–C–N with tert-alkyl or cyclic N) is 1. The minimum atomic E-state index is -0.676. The van der Waals surface area contributed by atoms with E-state index in [4.69, 9.17) is 16.7 Å². The van der Waals surface area contributed by atoms with Gasteiger partial charge in [-0.05, 0) is 28.1 Å². The van der Waals surface area contributed by atoms with Crippen molar-refractivity contribution in [1.82, 2.24) is 4.90 Å². The third kappa shape index (κ3) is 3.65. The molecule has 0 saturated heterocycles. The molecule has 1 amide bonds. The number of hydrogen-bond donors (Lipinski definition) is 2. The van der Waals surface area contributed by atoms with E-state index in [1.54, 1.807) is 0 Å². The number of ether oxygens (including phenoxy) is 1. The Morgan fingerprint density at radius 1 is 1.57 bits per heavy atom. The second-order valence-electron chi connectivity index (χ2n) is 4.67. The molecular formula is C14H13BrClFN2O4. The van der Waals surface area contributed by atoms with E-state index in [0.717, 1.165) is 6.07 Å². The maximum atomic E-state index is 13.7. The molecule has 2 N–H and O–H groups in total. The standard InChI is InChI=1S/C14H13BrClFN2O4/c1-23-14(22)8-6-19(2-3-20)13(21)12(8)18-7-4-9(16)11(15)10(17)5-7/h4-5,18,20H,2-3,6H2,1H3. The van der Waals surface area contributed by atoms with Gasteiger partial charge in [-0.2, -0.15) is 0 Å². The molecule has 1 aromatic rings. The fourth-order valence-corrected chi connectivity index (χ4v) is 2.56. The lowest BCUT2D eigenvalue weighted by molar-refractivity contribution is -0.136. The first kappa shape index (κ1) is 17.7. The third-order valence-electron chi connectivity index (χ3n) is 3.21. The summed E-state index contributed by atoms with van der Waals surface area (Å²) in [6.07, 6.45) is 0. The zero-order valence-corrected chi connectivity index (χ0v) is 14.4. The van der Waals surface area contributed by atoms with E-state index in [1.165, 1.54) is 18.1 Å². The van der Waals surface area contributed by atoms with Crippen molar-refractivity contribution in [3.8, 4) is 0 Å². The zero-order chi connectivity index (χ0) is 17.1. The number of methoxy groups -OCH3 is 1. The van der Waals surface area contributed by atoms with E-state index in [1.807, 2.05) is 0 Å². The number of aliphatic hydroxyl groups excluding tert-OH is 1. The predicted octanol–water partition coefficient (Wildman–Crippen LogP) is 1.92. The van der Waals surface area contributed by atoms with Crippen LogP contribution >= 0.6 is 27.5 Å². The molecule has 0 radical (unpaired) electrons. The Bertz CT molecular complexity index is 672. The number of hydrogen-bond acceptors (Lipinski definition) is 5. The largest absolute Gasteiger partial charge is 0.466 e. The quantitative estimate of drug-likeness (QED) is 0.576. The number of amides is 1. The smallest absolute Gasteiger partial charge is 0.337 e. The molecule has 6 nitrogen and oxygen atoms in total. The van der Waals surface area contributed by atoms with Crippen LogP contribution in [0.2, 0.25) is 5.02 Å². The van der Waals surface area contributed by atoms with E-state index in [2.05, 4.69) is 26.0 Å². The van der Waals surface area contributed by atoms with Gasteiger partial charge in [-0.3, -0.25) is 4.79 Å². The minimum absolute atomic E-state index is 0.00113. The lowest BCUT2D eigenvalue weighted by atomic mass is 10.2. The summed E-state index contributed by atoms with van der Waals surface area (Å²) in [7, 11) is 1.20. The number of benzene rings is 1. The summed E-state index contributed by atoms with van der Waals surface area (Å²) < 4.78 is 18.5. The summed E-state index contributed by atoms with van der Waals surface area (Å²) in [5, 5.41) is 11.8. The van der Waals surface area contributed by atoms with Gasteiger partial charge in [0.25, 0.3) is 5.91 Å². The molecule has 0 bridgehead atoms. The summed E-state index contributed by atoms with van der Waals surface area (Å²) in [6.45, 7) is -0.173. The van der Waals surface area contributed by atoms with Crippen molar-refractivity contribution in [2.45, 2.75) is 0 Å². The number of nitrogens with one attached hydrogen (secondary N) is 1. The third-order valence-corrected chi connectivity index (χ3v) is 4.54. The van der Waals surface area contributed by atoms with Crippen LogP contribution in [0, 0.1) is 5.82 Å². The van der Waals surface area contributed by atoms with Gasteiger partial charge >= 0.3 is 5.97 Å². The van der Waals surface area contributed by atoms with E-state index < -0.39 is 17.7 Å². The molecule has 0 atom stereocenters. The highest BCUT2D eigenvalue weighted by Gasteiger charge is 2.34. The van der Waals surface area contributed by atoms with Crippen LogP contribution in [0.5, 0.6) is 0 Å². The molecule has 2 rings (SSSR count). The fourth-order valence-electron chi connectivity index (χ4n) is 2.12. The highest BCUT2D eigenvalue weighted by Crippen LogP contribution is 2.31. The highest BCUT2D eigenvalue weighted by molar-refractivity contribution is 9.10. The Labute approximate surface area is 145 Å². The Balaban J connectivity index is 2.37. The fraction of sp³-hybridized carbons (Fsp3) is 0.286. The van der Waals surface area contributed by atoms with Crippen LogP contribution in [0.1, 0.15) is 0 Å². The molecule has 0 aromatic heterocycles. The van der Waals surface area contributed by atoms with Crippen LogP contribution < -0.4 is 5.32 Å². The van der Waals surface area contributed by atoms with Gasteiger partial charge in [0.2, 0.25) is 0 Å². The SMILES string of the molecule is COC(=O)C1=C(Nc2cc(F)c(Br)c(Cl)c2)C(=O)N(CCO)C1. The average Bonchev–Trinajstić information content (AvgIpc) is 2.81. The zero-order valence-electron chi connectivity index (χ0n) is 12.0. The van der Waals surface area contributed by atoms with Crippen LogP contribution in [0.4, 0.5) is 10.1 Å². The molecule has 0 unspecified atom stereocenters. The Kier molecular flexibility index (Phi) is 5.61. The van der Waals surface area contributed by atoms with E-state index in [9.17, 15) is 14.0 Å². The maximum Gasteiger partial charge on any atom is 0.337 e. The second-order valence-corrected chi connectivity index (χ2v) is 5.87. The number of anilines is 1. The topological polar surface area (TPSA) is 78.9 Å². The normalized spacial score (nSPS) is 14.5. The number of rotatable bonds is 5. The summed E-state index contributed by atoms with van der Waals surface area (Å²) in [5.41, 5.74) is 0.291. The van der Waals surface area contributed by atoms with Crippen molar-refractivity contribution in [1.29, 1.82) is 0 Å². The van der Waals surface area contributed by atoms with E-state index >= 15 is 0 Å². The van der Waals surface area contributed by atoms with Crippen molar-refractivity contribution in [3.05, 3.63) is 38.7 Å². The van der Waals surface area contributed by atoms with Crippen LogP contribution in [0.25, 0.3) is 0 Å². The minimum Gasteiger partial charge on any atom is -0.466 e. The van der Waals surface area contributed by atoms with Crippen LogP contribution in [0.15, 0.2) is 27.9 Å². The molecule has 23 heavy (non-hydrogen) atoms. The highest BCUT2D eigenvalue weighted by atomic mass is 79.9. The second kappa shape index (κ2) is 7.29. The molecular weight excluding hydrogens is 395 g/mol. The van der Waals surface area contributed by atoms with Gasteiger partial charge in [-0.25, -0.2) is 9.18 Å². The molecule has 1 aliphatic rings. The predicted molar refractivity (Wildman–Crippen MR) is 85.4 cm³/mol. The summed E-state index contributed by atoms with van der Waals surface area (Å²) in [5.74, 6) is -1.78. The average molecular weight is 408 g/mol. The summed E-state index contributed by atoms with van der Waals surface area (Å²) in [6, 6.07) is 2.55. The van der Waals surface area contributed by atoms with E-state index in [0.29, 0.717) is 0 Å². The Hall–Kier alpha value is -1.64. The first-order chi connectivity index (χ1) is 10.9. The van der Waals surface area contributed by atoms with E-state index in [-0.39, 0.29) is 46.1 Å². The number of esters is 1. The van der Waals surface area contributed by atoms with Gasteiger partial charge in [0.15, 0.2) is 0 Å². The van der Waals surface area contributed by atoms with Gasteiger partial charge in [-0.1, -0.05) is 11.6 Å². The number of halogens is 3. The molecule has 0 saturated carbocycles. The molecule has 1 aliphatic heterocycles. The Morgan fingerprint density at radius 3 is 2.83 bits per heavy atom. The first-order valence-electron chi connectivity index (χ1n) is 6.52. The molecule has 0 aliphatic carbocycles. The van der Waals surface area contributed by atoms with Crippen molar-refractivity contribution in [2.75, 3.05) is 32.1 Å². The summed E-state index contributed by atoms with van der Waals surface area (Å²) >= 11 is 8.87. The molecule has 124 valence electrons. The van der Waals surface area contributed by atoms with Crippen LogP contribution in [-0.2, 0) is 14.3 Å². The molecule has 0 spiro atoms. The van der Waals surface area contributed by atoms with Gasteiger partial charge in [0, 0.05) is 12.2 Å². The van der Waals surface area contributed by atoms with Crippen molar-refractivity contribution in [2.24, 2.45) is 0 Å². The lowest BCUT2D eigenvalue weighted by Gasteiger charge is -2.15. The first-order valence-corrected chi connectivity index (χ1v) is 7.69. The summed E-state index contributed by atoms with van der Waals surface area (Å²) in [4.78, 5) is 25.4. The number of aliphatic hydroxyl groups is 1. The number of carbonyl (C=O) groups excluding carboxylic acids is 2. The lowest BCUT2D eigenvalue weighted by Crippen LogP contribution is -2.31. The molecule has 9 heteroatoms. The van der Waals surface area contributed by atoms with Crippen molar-refractivity contribution < 1.29 is 23.8 Å². The number of nitrogens with zero attached hydrogens (tertiary/aromatic N) is 1. The van der Waals surface area contributed by atoms with Crippen molar-refractivity contribution in [3.63, 3.8) is 0 Å². The van der Waals surface area contributed by atoms with Gasteiger partial charge in [0.05, 0.1) is 35.3 Å². The number of carbonyl (C=O) groups is 2. The van der Waals surface area contributed by atoms with Crippen LogP contribution in [0.3, 0.4) is 0 Å².